The van der Waals surface area contributed by atoms with Crippen LogP contribution in [0.4, 0.5) is 5.69 Å². The van der Waals surface area contributed by atoms with Gasteiger partial charge in [-0.1, -0.05) is 29.8 Å². The van der Waals surface area contributed by atoms with Crippen molar-refractivity contribution in [1.82, 2.24) is 14.5 Å². The summed E-state index contributed by atoms with van der Waals surface area (Å²) >= 11 is 5.91. The molecule has 33 heavy (non-hydrogen) atoms. The van der Waals surface area contributed by atoms with Crippen molar-refractivity contribution in [3.05, 3.63) is 93.9 Å². The number of aromatic amines is 1. The Labute approximate surface area is 194 Å². The predicted molar refractivity (Wildman–Crippen MR) is 133 cm³/mol. The average Bonchev–Trinajstić information content (AvgIpc) is 3.14. The van der Waals surface area contributed by atoms with Crippen LogP contribution in [0, 0.1) is 0 Å². The molecular formula is C26H21ClN4O2. The Morgan fingerprint density at radius 3 is 2.55 bits per heavy atom. The molecular weight excluding hydrogens is 436 g/mol. The molecule has 2 heterocycles. The SMILES string of the molecule is CCn1c2ccccc2c2cc(NC(=O)Cc3cnc(-c4ccc(Cl)cc4)[nH]c3=O)ccc21. The molecule has 6 nitrogen and oxygen atoms in total. The summed E-state index contributed by atoms with van der Waals surface area (Å²) in [7, 11) is 0. The Balaban J connectivity index is 1.37. The van der Waals surface area contributed by atoms with Crippen molar-refractivity contribution in [2.24, 2.45) is 0 Å². The normalized spacial score (nSPS) is 11.2. The zero-order valence-electron chi connectivity index (χ0n) is 17.9. The van der Waals surface area contributed by atoms with Gasteiger partial charge in [0.2, 0.25) is 5.91 Å². The van der Waals surface area contributed by atoms with Crippen LogP contribution in [0.2, 0.25) is 5.02 Å². The molecule has 0 aliphatic rings. The van der Waals surface area contributed by atoms with Crippen molar-refractivity contribution in [3.63, 3.8) is 0 Å². The molecule has 0 fully saturated rings. The van der Waals surface area contributed by atoms with E-state index in [2.05, 4.69) is 38.9 Å². The van der Waals surface area contributed by atoms with Crippen LogP contribution in [-0.2, 0) is 17.8 Å². The number of hydrogen-bond donors (Lipinski definition) is 2. The van der Waals surface area contributed by atoms with Gasteiger partial charge in [-0.3, -0.25) is 9.59 Å². The number of aryl methyl sites for hydroxylation is 1. The minimum atomic E-state index is -0.341. The number of hydrogen-bond acceptors (Lipinski definition) is 3. The van der Waals surface area contributed by atoms with E-state index in [0.717, 1.165) is 33.9 Å². The Hall–Kier alpha value is -3.90. The fourth-order valence-corrected chi connectivity index (χ4v) is 4.28. The number of carbonyl (C=O) groups excluding carboxylic acids is 1. The molecule has 0 aliphatic heterocycles. The standard InChI is InChI=1S/C26H21ClN4O2/c1-2-31-22-6-4-3-5-20(22)21-14-19(11-12-23(21)31)29-24(32)13-17-15-28-25(30-26(17)33)16-7-9-18(27)10-8-16/h3-12,14-15H,2,13H2,1H3,(H,29,32)(H,28,30,33). The van der Waals surface area contributed by atoms with Crippen LogP contribution in [0.25, 0.3) is 33.2 Å². The first-order valence-corrected chi connectivity index (χ1v) is 11.1. The molecule has 5 rings (SSSR count). The Morgan fingerprint density at radius 2 is 1.79 bits per heavy atom. The lowest BCUT2D eigenvalue weighted by Crippen LogP contribution is -2.22. The van der Waals surface area contributed by atoms with Crippen molar-refractivity contribution < 1.29 is 4.79 Å². The number of nitrogens with zero attached hydrogens (tertiary/aromatic N) is 2. The highest BCUT2D eigenvalue weighted by Crippen LogP contribution is 2.31. The maximum atomic E-state index is 12.7. The van der Waals surface area contributed by atoms with Gasteiger partial charge in [-0.15, -0.1) is 0 Å². The van der Waals surface area contributed by atoms with Gasteiger partial charge in [0.1, 0.15) is 5.82 Å². The number of rotatable bonds is 5. The first-order valence-electron chi connectivity index (χ1n) is 10.7. The van der Waals surface area contributed by atoms with Gasteiger partial charge in [0.15, 0.2) is 0 Å². The molecule has 5 aromatic rings. The number of nitrogens with one attached hydrogen (secondary N) is 2. The number of H-pyrrole nitrogens is 1. The second-order valence-electron chi connectivity index (χ2n) is 7.81. The highest BCUT2D eigenvalue weighted by Gasteiger charge is 2.13. The van der Waals surface area contributed by atoms with Gasteiger partial charge >= 0.3 is 0 Å². The summed E-state index contributed by atoms with van der Waals surface area (Å²) in [6.07, 6.45) is 1.37. The number of amides is 1. The van der Waals surface area contributed by atoms with Crippen LogP contribution in [0.15, 0.2) is 77.7 Å². The summed E-state index contributed by atoms with van der Waals surface area (Å²) in [6.45, 7) is 2.98. The van der Waals surface area contributed by atoms with Gasteiger partial charge in [0, 0.05) is 56.4 Å². The third kappa shape index (κ3) is 4.01. The lowest BCUT2D eigenvalue weighted by Gasteiger charge is -2.07. The third-order valence-corrected chi connectivity index (χ3v) is 5.97. The van der Waals surface area contributed by atoms with E-state index in [1.807, 2.05) is 30.3 Å². The Bertz CT molecular complexity index is 1550. The number of carbonyl (C=O) groups is 1. The molecule has 0 saturated heterocycles. The monoisotopic (exact) mass is 456 g/mol. The molecule has 164 valence electrons. The van der Waals surface area contributed by atoms with Crippen molar-refractivity contribution >= 4 is 45.0 Å². The van der Waals surface area contributed by atoms with Crippen LogP contribution >= 0.6 is 11.6 Å². The number of fused-ring (bicyclic) bond motifs is 3. The topological polar surface area (TPSA) is 79.8 Å². The maximum absolute atomic E-state index is 12.7. The van der Waals surface area contributed by atoms with Gasteiger partial charge < -0.3 is 14.9 Å². The van der Waals surface area contributed by atoms with E-state index in [1.165, 1.54) is 6.20 Å². The zero-order chi connectivity index (χ0) is 22.9. The summed E-state index contributed by atoms with van der Waals surface area (Å²) in [5.74, 6) is 0.152. The number of para-hydroxylation sites is 1. The second-order valence-corrected chi connectivity index (χ2v) is 8.25. The van der Waals surface area contributed by atoms with E-state index in [1.54, 1.807) is 24.3 Å². The zero-order valence-corrected chi connectivity index (χ0v) is 18.7. The fourth-order valence-electron chi connectivity index (χ4n) is 4.15. The van der Waals surface area contributed by atoms with E-state index in [-0.39, 0.29) is 17.9 Å². The van der Waals surface area contributed by atoms with Crippen LogP contribution in [0.1, 0.15) is 12.5 Å². The summed E-state index contributed by atoms with van der Waals surface area (Å²) in [4.78, 5) is 32.2. The second kappa shape index (κ2) is 8.56. The number of benzene rings is 3. The maximum Gasteiger partial charge on any atom is 0.254 e. The minimum absolute atomic E-state index is 0.0714. The molecule has 0 bridgehead atoms. The number of aromatic nitrogens is 3. The summed E-state index contributed by atoms with van der Waals surface area (Å²) in [5, 5.41) is 5.74. The Kier molecular flexibility index (Phi) is 5.44. The van der Waals surface area contributed by atoms with Crippen LogP contribution in [-0.4, -0.2) is 20.4 Å². The molecule has 0 unspecified atom stereocenters. The lowest BCUT2D eigenvalue weighted by molar-refractivity contribution is -0.115. The van der Waals surface area contributed by atoms with Crippen molar-refractivity contribution in [3.8, 4) is 11.4 Å². The largest absolute Gasteiger partial charge is 0.341 e. The Morgan fingerprint density at radius 1 is 1.03 bits per heavy atom. The molecule has 0 aliphatic carbocycles. The molecule has 2 N–H and O–H groups in total. The summed E-state index contributed by atoms with van der Waals surface area (Å²) < 4.78 is 2.25. The molecule has 0 saturated carbocycles. The van der Waals surface area contributed by atoms with Crippen LogP contribution < -0.4 is 10.9 Å². The van der Waals surface area contributed by atoms with Crippen molar-refractivity contribution in [1.29, 1.82) is 0 Å². The smallest absolute Gasteiger partial charge is 0.254 e. The van der Waals surface area contributed by atoms with Crippen LogP contribution in [0.3, 0.4) is 0 Å². The molecule has 0 spiro atoms. The summed E-state index contributed by atoms with van der Waals surface area (Å²) in [5.41, 5.74) is 3.67. The quantitative estimate of drug-likeness (QED) is 0.371. The molecule has 2 aromatic heterocycles. The fraction of sp³-hybridized carbons (Fsp3) is 0.115. The van der Waals surface area contributed by atoms with Gasteiger partial charge in [-0.25, -0.2) is 4.98 Å². The van der Waals surface area contributed by atoms with E-state index in [0.29, 0.717) is 22.1 Å². The lowest BCUT2D eigenvalue weighted by atomic mass is 10.1. The minimum Gasteiger partial charge on any atom is -0.341 e. The average molecular weight is 457 g/mol. The van der Waals surface area contributed by atoms with E-state index >= 15 is 0 Å². The number of halogens is 1. The summed E-state index contributed by atoms with van der Waals surface area (Å²) in [6, 6.07) is 21.1. The molecule has 3 aromatic carbocycles. The van der Waals surface area contributed by atoms with Gasteiger partial charge in [-0.05, 0) is 55.5 Å². The molecule has 7 heteroatoms. The highest BCUT2D eigenvalue weighted by molar-refractivity contribution is 6.30. The van der Waals surface area contributed by atoms with Gasteiger partial charge in [0.05, 0.1) is 6.42 Å². The van der Waals surface area contributed by atoms with E-state index in [9.17, 15) is 9.59 Å². The molecule has 0 radical (unpaired) electrons. The van der Waals surface area contributed by atoms with Crippen molar-refractivity contribution in [2.75, 3.05) is 5.32 Å². The molecule has 1 amide bonds. The van der Waals surface area contributed by atoms with E-state index < -0.39 is 0 Å². The first-order chi connectivity index (χ1) is 16.0. The van der Waals surface area contributed by atoms with Crippen molar-refractivity contribution in [2.45, 2.75) is 19.9 Å². The molecule has 0 atom stereocenters. The number of anilines is 1. The van der Waals surface area contributed by atoms with Gasteiger partial charge in [0.25, 0.3) is 5.56 Å². The first kappa shape index (κ1) is 21.0. The van der Waals surface area contributed by atoms with Gasteiger partial charge in [-0.2, -0.15) is 0 Å². The van der Waals surface area contributed by atoms with E-state index in [4.69, 9.17) is 11.6 Å². The third-order valence-electron chi connectivity index (χ3n) is 5.71. The highest BCUT2D eigenvalue weighted by atomic mass is 35.5. The predicted octanol–water partition coefficient (Wildman–Crippen LogP) is 5.40. The van der Waals surface area contributed by atoms with Crippen LogP contribution in [0.5, 0.6) is 0 Å².